The van der Waals surface area contributed by atoms with E-state index in [-0.39, 0.29) is 29.0 Å². The van der Waals surface area contributed by atoms with Crippen LogP contribution in [0.2, 0.25) is 10.0 Å². The topological polar surface area (TPSA) is 86.8 Å². The number of anilines is 1. The molecule has 0 saturated carbocycles. The maximum atomic E-state index is 14.1. The zero-order chi connectivity index (χ0) is 30.3. The predicted molar refractivity (Wildman–Crippen MR) is 166 cm³/mol. The number of halogens is 2. The van der Waals surface area contributed by atoms with Gasteiger partial charge >= 0.3 is 0 Å². The number of carbonyl (C=O) groups is 2. The summed E-state index contributed by atoms with van der Waals surface area (Å²) in [5.41, 5.74) is 2.67. The lowest BCUT2D eigenvalue weighted by molar-refractivity contribution is -0.140. The molecule has 41 heavy (non-hydrogen) atoms. The molecule has 1 N–H and O–H groups in total. The molecule has 10 heteroatoms. The minimum atomic E-state index is -4.17. The molecule has 0 saturated heterocycles. The summed E-state index contributed by atoms with van der Waals surface area (Å²) in [6.45, 7) is 9.48. The number of amides is 2. The van der Waals surface area contributed by atoms with E-state index in [2.05, 4.69) is 5.32 Å². The van der Waals surface area contributed by atoms with Crippen molar-refractivity contribution in [3.63, 3.8) is 0 Å². The van der Waals surface area contributed by atoms with Crippen molar-refractivity contribution < 1.29 is 18.0 Å². The Kier molecular flexibility index (Phi) is 11.2. The van der Waals surface area contributed by atoms with Gasteiger partial charge in [-0.3, -0.25) is 13.9 Å². The fourth-order valence-corrected chi connectivity index (χ4v) is 5.94. The number of hydrogen-bond acceptors (Lipinski definition) is 4. The Bertz CT molecular complexity index is 1460. The molecular formula is C31H37Cl2N3O4S. The van der Waals surface area contributed by atoms with Crippen molar-refractivity contribution in [3.05, 3.63) is 93.5 Å². The SMILES string of the molecule is CCC(C(=O)NCC(C)C)N(Cc1ccc(Cl)cc1)C(=O)CN(c1ccc(C)c(Cl)c1)S(=O)(=O)c1ccc(C)cc1. The molecule has 220 valence electrons. The van der Waals surface area contributed by atoms with Gasteiger partial charge in [0.1, 0.15) is 12.6 Å². The first-order chi connectivity index (χ1) is 19.3. The Hall–Kier alpha value is -3.07. The third-order valence-corrected chi connectivity index (χ3v) is 9.12. The van der Waals surface area contributed by atoms with Gasteiger partial charge in [0.05, 0.1) is 10.6 Å². The molecule has 0 aliphatic rings. The normalized spacial score (nSPS) is 12.2. The van der Waals surface area contributed by atoms with Gasteiger partial charge in [-0.25, -0.2) is 8.42 Å². The monoisotopic (exact) mass is 617 g/mol. The fraction of sp³-hybridized carbons (Fsp3) is 0.355. The summed E-state index contributed by atoms with van der Waals surface area (Å²) in [4.78, 5) is 28.9. The first-order valence-electron chi connectivity index (χ1n) is 13.5. The second kappa shape index (κ2) is 14.2. The lowest BCUT2D eigenvalue weighted by Gasteiger charge is -2.33. The molecule has 0 aliphatic carbocycles. The highest BCUT2D eigenvalue weighted by Gasteiger charge is 2.33. The number of aryl methyl sites for hydroxylation is 2. The van der Waals surface area contributed by atoms with Crippen LogP contribution in [0.4, 0.5) is 5.69 Å². The van der Waals surface area contributed by atoms with Crippen LogP contribution in [-0.2, 0) is 26.2 Å². The van der Waals surface area contributed by atoms with Crippen LogP contribution in [0.15, 0.2) is 71.6 Å². The predicted octanol–water partition coefficient (Wildman–Crippen LogP) is 6.39. The van der Waals surface area contributed by atoms with Gasteiger partial charge in [0, 0.05) is 23.1 Å². The van der Waals surface area contributed by atoms with Crippen molar-refractivity contribution in [2.75, 3.05) is 17.4 Å². The van der Waals surface area contributed by atoms with Crippen molar-refractivity contribution in [2.24, 2.45) is 5.92 Å². The maximum Gasteiger partial charge on any atom is 0.264 e. The average Bonchev–Trinajstić information content (AvgIpc) is 2.93. The van der Waals surface area contributed by atoms with Crippen molar-refractivity contribution in [2.45, 2.75) is 58.5 Å². The molecule has 0 aromatic heterocycles. The largest absolute Gasteiger partial charge is 0.354 e. The fourth-order valence-electron chi connectivity index (χ4n) is 4.23. The molecule has 2 amide bonds. The molecule has 0 heterocycles. The van der Waals surface area contributed by atoms with Crippen LogP contribution in [-0.4, -0.2) is 44.3 Å². The molecule has 1 unspecified atom stereocenters. The minimum absolute atomic E-state index is 0.0403. The summed E-state index contributed by atoms with van der Waals surface area (Å²) in [7, 11) is -4.17. The quantitative estimate of drug-likeness (QED) is 0.255. The molecule has 0 radical (unpaired) electrons. The summed E-state index contributed by atoms with van der Waals surface area (Å²) in [5.74, 6) is -0.605. The molecule has 7 nitrogen and oxygen atoms in total. The second-order valence-corrected chi connectivity index (χ2v) is 13.2. The van der Waals surface area contributed by atoms with Crippen LogP contribution in [0.5, 0.6) is 0 Å². The number of carbonyl (C=O) groups excluding carboxylic acids is 2. The number of nitrogens with one attached hydrogen (secondary N) is 1. The average molecular weight is 619 g/mol. The van der Waals surface area contributed by atoms with Crippen molar-refractivity contribution >= 4 is 50.7 Å². The van der Waals surface area contributed by atoms with Crippen LogP contribution in [0.3, 0.4) is 0 Å². The number of rotatable bonds is 12. The highest BCUT2D eigenvalue weighted by molar-refractivity contribution is 7.92. The Morgan fingerprint density at radius 1 is 0.927 bits per heavy atom. The van der Waals surface area contributed by atoms with Gasteiger partial charge in [0.15, 0.2) is 0 Å². The van der Waals surface area contributed by atoms with E-state index in [0.29, 0.717) is 23.0 Å². The third-order valence-electron chi connectivity index (χ3n) is 6.67. The van der Waals surface area contributed by atoms with Gasteiger partial charge in [-0.15, -0.1) is 0 Å². The van der Waals surface area contributed by atoms with Crippen LogP contribution >= 0.6 is 23.2 Å². The van der Waals surface area contributed by atoms with Gasteiger partial charge in [0.25, 0.3) is 10.0 Å². The lowest BCUT2D eigenvalue weighted by atomic mass is 10.1. The van der Waals surface area contributed by atoms with Crippen LogP contribution in [0, 0.1) is 19.8 Å². The molecular weight excluding hydrogens is 581 g/mol. The summed E-state index contributed by atoms with van der Waals surface area (Å²) in [6, 6.07) is 17.5. The van der Waals surface area contributed by atoms with E-state index in [9.17, 15) is 18.0 Å². The summed E-state index contributed by atoms with van der Waals surface area (Å²) in [6.07, 6.45) is 0.338. The molecule has 3 aromatic rings. The van der Waals surface area contributed by atoms with Crippen molar-refractivity contribution in [3.8, 4) is 0 Å². The van der Waals surface area contributed by atoms with Gasteiger partial charge in [-0.2, -0.15) is 0 Å². The van der Waals surface area contributed by atoms with Crippen LogP contribution < -0.4 is 9.62 Å². The molecule has 0 spiro atoms. The van der Waals surface area contributed by atoms with E-state index in [4.69, 9.17) is 23.2 Å². The maximum absolute atomic E-state index is 14.1. The summed E-state index contributed by atoms with van der Waals surface area (Å²) in [5, 5.41) is 3.83. The highest BCUT2D eigenvalue weighted by atomic mass is 35.5. The Labute approximate surface area is 253 Å². The van der Waals surface area contributed by atoms with E-state index < -0.39 is 28.5 Å². The second-order valence-electron chi connectivity index (χ2n) is 10.5. The Balaban J connectivity index is 2.06. The molecule has 0 aliphatic heterocycles. The first-order valence-corrected chi connectivity index (χ1v) is 15.7. The zero-order valence-corrected chi connectivity index (χ0v) is 26.4. The standard InChI is InChI=1S/C31H37Cl2N3O4S/c1-6-29(31(38)34-18-21(2)3)35(19-24-10-12-25(32)13-11-24)30(37)20-36(26-14-9-23(5)28(33)17-26)41(39,40)27-15-7-22(4)8-16-27/h7-17,21,29H,6,18-20H2,1-5H3,(H,34,38). The van der Waals surface area contributed by atoms with Gasteiger partial charge in [-0.05, 0) is 73.7 Å². The van der Waals surface area contributed by atoms with Crippen molar-refractivity contribution in [1.29, 1.82) is 0 Å². The Morgan fingerprint density at radius 2 is 1.56 bits per heavy atom. The number of hydrogen-bond donors (Lipinski definition) is 1. The van der Waals surface area contributed by atoms with Gasteiger partial charge < -0.3 is 10.2 Å². The smallest absolute Gasteiger partial charge is 0.264 e. The summed E-state index contributed by atoms with van der Waals surface area (Å²) >= 11 is 12.5. The van der Waals surface area contributed by atoms with Crippen LogP contribution in [0.25, 0.3) is 0 Å². The number of sulfonamides is 1. The van der Waals surface area contributed by atoms with Gasteiger partial charge in [0.2, 0.25) is 11.8 Å². The van der Waals surface area contributed by atoms with Crippen LogP contribution in [0.1, 0.15) is 43.9 Å². The van der Waals surface area contributed by atoms with E-state index in [1.54, 1.807) is 48.5 Å². The molecule has 0 bridgehead atoms. The minimum Gasteiger partial charge on any atom is -0.354 e. The van der Waals surface area contributed by atoms with Gasteiger partial charge in [-0.1, -0.05) is 79.9 Å². The number of nitrogens with zero attached hydrogens (tertiary/aromatic N) is 2. The molecule has 3 rings (SSSR count). The zero-order valence-electron chi connectivity index (χ0n) is 24.0. The first kappa shape index (κ1) is 32.4. The lowest BCUT2D eigenvalue weighted by Crippen LogP contribution is -2.52. The third kappa shape index (κ3) is 8.47. The van der Waals surface area contributed by atoms with E-state index in [1.807, 2.05) is 34.6 Å². The summed E-state index contributed by atoms with van der Waals surface area (Å²) < 4.78 is 29.0. The van der Waals surface area contributed by atoms with E-state index >= 15 is 0 Å². The highest BCUT2D eigenvalue weighted by Crippen LogP contribution is 2.29. The van der Waals surface area contributed by atoms with E-state index in [1.165, 1.54) is 23.1 Å². The van der Waals surface area contributed by atoms with E-state index in [0.717, 1.165) is 21.0 Å². The molecule has 0 fully saturated rings. The number of benzene rings is 3. The van der Waals surface area contributed by atoms with Crippen molar-refractivity contribution in [1.82, 2.24) is 10.2 Å². The molecule has 3 aromatic carbocycles. The molecule has 1 atom stereocenters. The Morgan fingerprint density at radius 3 is 2.12 bits per heavy atom.